The predicted octanol–water partition coefficient (Wildman–Crippen LogP) is 13.0. The van der Waals surface area contributed by atoms with E-state index in [-0.39, 0.29) is 0 Å². The number of hydrogen-bond acceptors (Lipinski definition) is 3. The van der Waals surface area contributed by atoms with Crippen LogP contribution in [0.4, 0.5) is 0 Å². The first-order valence-electron chi connectivity index (χ1n) is 19.5. The molecule has 0 aliphatic heterocycles. The van der Waals surface area contributed by atoms with Crippen LogP contribution in [0.15, 0.2) is 183 Å². The summed E-state index contributed by atoms with van der Waals surface area (Å²) >= 11 is 0. The van der Waals surface area contributed by atoms with Crippen molar-refractivity contribution in [2.45, 2.75) is 6.92 Å². The average molecular weight is 745 g/mol. The molecule has 0 atom stereocenters. The zero-order valence-electron chi connectivity index (χ0n) is 31.8. The predicted molar refractivity (Wildman–Crippen MR) is 241 cm³/mol. The van der Waals surface area contributed by atoms with E-state index in [1.54, 1.807) is 0 Å². The molecule has 6 heteroatoms. The molecule has 274 valence electrons. The Morgan fingerprint density at radius 3 is 1.41 bits per heavy atom. The molecule has 6 nitrogen and oxygen atoms in total. The van der Waals surface area contributed by atoms with E-state index in [9.17, 15) is 0 Å². The van der Waals surface area contributed by atoms with Crippen molar-refractivity contribution in [3.63, 3.8) is 0 Å². The third-order valence-corrected chi connectivity index (χ3v) is 11.2. The molecule has 4 aromatic heterocycles. The highest BCUT2D eigenvalue weighted by Gasteiger charge is 2.22. The van der Waals surface area contributed by atoms with Crippen molar-refractivity contribution in [1.82, 2.24) is 28.7 Å². The lowest BCUT2D eigenvalue weighted by Crippen LogP contribution is -2.06. The summed E-state index contributed by atoms with van der Waals surface area (Å²) in [5.41, 5.74) is 11.7. The van der Waals surface area contributed by atoms with E-state index in [4.69, 9.17) is 15.0 Å². The van der Waals surface area contributed by atoms with E-state index in [2.05, 4.69) is 149 Å². The second-order valence-corrected chi connectivity index (χ2v) is 14.5. The van der Waals surface area contributed by atoms with Crippen molar-refractivity contribution in [2.24, 2.45) is 0 Å². The van der Waals surface area contributed by atoms with Crippen LogP contribution in [0.3, 0.4) is 0 Å². The number of rotatable bonds is 7. The topological polar surface area (TPSA) is 53.5 Å². The Balaban J connectivity index is 1.15. The fourth-order valence-corrected chi connectivity index (χ4v) is 8.68. The van der Waals surface area contributed by atoms with Crippen LogP contribution in [-0.4, -0.2) is 28.7 Å². The summed E-state index contributed by atoms with van der Waals surface area (Å²) in [5.74, 6) is 1.81. The molecular weight excluding hydrogens is 709 g/mol. The fraction of sp³-hybridized carbons (Fsp3) is 0.0192. The van der Waals surface area contributed by atoms with E-state index in [1.165, 1.54) is 21.8 Å². The van der Waals surface area contributed by atoms with Crippen LogP contribution in [0.5, 0.6) is 0 Å². The van der Waals surface area contributed by atoms with E-state index < -0.39 is 0 Å². The van der Waals surface area contributed by atoms with Gasteiger partial charge < -0.3 is 9.13 Å². The quantitative estimate of drug-likeness (QED) is 0.163. The molecule has 11 rings (SSSR count). The number of para-hydroxylation sites is 3. The van der Waals surface area contributed by atoms with Gasteiger partial charge in [-0.1, -0.05) is 134 Å². The summed E-state index contributed by atoms with van der Waals surface area (Å²) in [4.78, 5) is 15.3. The Kier molecular flexibility index (Phi) is 7.76. The van der Waals surface area contributed by atoms with Crippen LogP contribution in [0.1, 0.15) is 18.2 Å². The summed E-state index contributed by atoms with van der Waals surface area (Å²) in [6.07, 6.45) is 6.25. The maximum atomic E-state index is 5.17. The van der Waals surface area contributed by atoms with Gasteiger partial charge in [-0.05, 0) is 67.6 Å². The molecule has 7 aromatic carbocycles. The monoisotopic (exact) mass is 744 g/mol. The van der Waals surface area contributed by atoms with Crippen molar-refractivity contribution in [2.75, 3.05) is 0 Å². The van der Waals surface area contributed by atoms with Gasteiger partial charge in [0.15, 0.2) is 11.6 Å². The molecule has 0 aliphatic carbocycles. The molecule has 0 unspecified atom stereocenters. The minimum Gasteiger partial charge on any atom is -0.309 e. The van der Waals surface area contributed by atoms with Crippen molar-refractivity contribution < 1.29 is 0 Å². The summed E-state index contributed by atoms with van der Waals surface area (Å²) in [7, 11) is 0. The molecule has 11 aromatic rings. The zero-order valence-corrected chi connectivity index (χ0v) is 31.8. The van der Waals surface area contributed by atoms with Gasteiger partial charge >= 0.3 is 0 Å². The van der Waals surface area contributed by atoms with E-state index in [0.717, 1.165) is 66.5 Å². The molecule has 0 spiro atoms. The lowest BCUT2D eigenvalue weighted by molar-refractivity contribution is 0.954. The second kappa shape index (κ2) is 13.4. The van der Waals surface area contributed by atoms with Gasteiger partial charge in [0.2, 0.25) is 5.95 Å². The average Bonchev–Trinajstić information content (AvgIpc) is 3.91. The van der Waals surface area contributed by atoms with Crippen LogP contribution < -0.4 is 0 Å². The Morgan fingerprint density at radius 1 is 0.431 bits per heavy atom. The van der Waals surface area contributed by atoms with E-state index >= 15 is 0 Å². The number of benzene rings is 7. The molecule has 4 heterocycles. The van der Waals surface area contributed by atoms with Gasteiger partial charge in [-0.2, -0.15) is 9.97 Å². The van der Waals surface area contributed by atoms with Crippen molar-refractivity contribution in [1.29, 1.82) is 0 Å². The Bertz CT molecular complexity index is 3290. The van der Waals surface area contributed by atoms with Crippen LogP contribution in [0.2, 0.25) is 0 Å². The lowest BCUT2D eigenvalue weighted by atomic mass is 10.1. The van der Waals surface area contributed by atoms with Gasteiger partial charge in [0, 0.05) is 55.0 Å². The summed E-state index contributed by atoms with van der Waals surface area (Å²) in [6, 6.07) is 59.5. The Hall–Kier alpha value is -7.83. The molecule has 0 N–H and O–H groups in total. The molecule has 0 saturated carbocycles. The molecule has 58 heavy (non-hydrogen) atoms. The molecule has 0 radical (unpaired) electrons. The number of hydrogen-bond donors (Lipinski definition) is 0. The SMILES string of the molecule is C=Cc1c(/C=C\C)c2cc3c(cc2n1-c1ccc(-n2c4ccccc4c4ccccc42)cc1)c1ccccc1n3-c1nc(-c2ccccc2)nc(-c2ccccc2)n1. The van der Waals surface area contributed by atoms with Crippen molar-refractivity contribution in [3.05, 3.63) is 194 Å². The second-order valence-electron chi connectivity index (χ2n) is 14.5. The highest BCUT2D eigenvalue weighted by atomic mass is 15.2. The minimum atomic E-state index is 0.565. The smallest absolute Gasteiger partial charge is 0.238 e. The summed E-state index contributed by atoms with van der Waals surface area (Å²) in [5, 5.41) is 5.82. The van der Waals surface area contributed by atoms with Crippen LogP contribution in [-0.2, 0) is 0 Å². The summed E-state index contributed by atoms with van der Waals surface area (Å²) in [6.45, 7) is 6.40. The summed E-state index contributed by atoms with van der Waals surface area (Å²) < 4.78 is 6.88. The zero-order chi connectivity index (χ0) is 38.7. The maximum absolute atomic E-state index is 5.17. The molecular formula is C52H36N6. The number of nitrogens with zero attached hydrogens (tertiary/aromatic N) is 6. The lowest BCUT2D eigenvalue weighted by Gasteiger charge is -2.13. The molecule has 0 amide bonds. The molecule has 0 saturated heterocycles. The minimum absolute atomic E-state index is 0.565. The third kappa shape index (κ3) is 5.16. The van der Waals surface area contributed by atoms with Gasteiger partial charge in [0.25, 0.3) is 0 Å². The van der Waals surface area contributed by atoms with Gasteiger partial charge in [0.1, 0.15) is 0 Å². The number of aromatic nitrogens is 6. The first kappa shape index (κ1) is 33.5. The van der Waals surface area contributed by atoms with E-state index in [1.807, 2.05) is 66.7 Å². The van der Waals surface area contributed by atoms with Gasteiger partial charge in [-0.3, -0.25) is 4.57 Å². The maximum Gasteiger partial charge on any atom is 0.238 e. The highest BCUT2D eigenvalue weighted by Crippen LogP contribution is 2.40. The van der Waals surface area contributed by atoms with Gasteiger partial charge in [-0.15, -0.1) is 0 Å². The van der Waals surface area contributed by atoms with Crippen LogP contribution in [0.25, 0.3) is 107 Å². The molecule has 0 aliphatic rings. The van der Waals surface area contributed by atoms with Crippen molar-refractivity contribution >= 4 is 66.7 Å². The number of fused-ring (bicyclic) bond motifs is 7. The standard InChI is InChI=1S/C52H36N6/c1-3-17-38-42-33-49-43(41-24-13-16-27-47(41)58(49)52-54-50(34-18-7-5-8-19-34)53-51(55-52)35-20-9-6-10-21-35)32-48(42)56(44(38)4-2)36-28-30-37(31-29-36)57-45-25-14-11-22-39(45)40-23-12-15-26-46(40)57/h3-33H,2H2,1H3/b17-3-. The molecule has 0 bridgehead atoms. The Morgan fingerprint density at radius 2 is 0.879 bits per heavy atom. The number of allylic oxidation sites excluding steroid dienone is 1. The third-order valence-electron chi connectivity index (χ3n) is 11.2. The normalized spacial score (nSPS) is 11.9. The molecule has 0 fully saturated rings. The first-order valence-corrected chi connectivity index (χ1v) is 19.5. The van der Waals surface area contributed by atoms with Gasteiger partial charge in [0.05, 0.1) is 33.3 Å². The van der Waals surface area contributed by atoms with Crippen molar-refractivity contribution in [3.8, 4) is 40.1 Å². The highest BCUT2D eigenvalue weighted by molar-refractivity contribution is 6.15. The Labute approximate surface area is 334 Å². The first-order chi connectivity index (χ1) is 28.7. The largest absolute Gasteiger partial charge is 0.309 e. The van der Waals surface area contributed by atoms with Crippen LogP contribution in [0, 0.1) is 0 Å². The van der Waals surface area contributed by atoms with E-state index in [0.29, 0.717) is 17.6 Å². The fourth-order valence-electron chi connectivity index (χ4n) is 8.68. The van der Waals surface area contributed by atoms with Crippen LogP contribution >= 0.6 is 0 Å². The van der Waals surface area contributed by atoms with Gasteiger partial charge in [-0.25, -0.2) is 4.98 Å².